The highest BCUT2D eigenvalue weighted by molar-refractivity contribution is 6.01. The van der Waals surface area contributed by atoms with E-state index in [0.717, 1.165) is 25.7 Å². The molecule has 1 aliphatic heterocycles. The van der Waals surface area contributed by atoms with E-state index in [2.05, 4.69) is 25.9 Å². The van der Waals surface area contributed by atoms with E-state index in [1.165, 1.54) is 19.2 Å². The van der Waals surface area contributed by atoms with E-state index in [1.807, 2.05) is 27.8 Å². The summed E-state index contributed by atoms with van der Waals surface area (Å²) < 4.78 is 22.4. The molecule has 1 aromatic heterocycles. The van der Waals surface area contributed by atoms with Gasteiger partial charge in [0.1, 0.15) is 30.2 Å². The molecule has 48 heavy (non-hydrogen) atoms. The normalized spacial score (nSPS) is 21.8. The van der Waals surface area contributed by atoms with Crippen molar-refractivity contribution in [3.05, 3.63) is 47.5 Å². The van der Waals surface area contributed by atoms with E-state index in [-0.39, 0.29) is 42.1 Å². The molecule has 0 bridgehead atoms. The first kappa shape index (κ1) is 35.5. The Balaban J connectivity index is 1.35. The molecule has 0 radical (unpaired) electrons. The lowest BCUT2D eigenvalue weighted by Crippen LogP contribution is -2.61. The minimum atomic E-state index is -0.959. The summed E-state index contributed by atoms with van der Waals surface area (Å²) in [4.78, 5) is 57.8. The third kappa shape index (κ3) is 8.06. The Bertz CT molecular complexity index is 1480. The van der Waals surface area contributed by atoms with Crippen LogP contribution in [-0.4, -0.2) is 101 Å². The predicted molar refractivity (Wildman–Crippen MR) is 179 cm³/mol. The Labute approximate surface area is 282 Å². The number of ether oxygens (including phenoxy) is 1. The fourth-order valence-electron chi connectivity index (χ4n) is 7.07. The van der Waals surface area contributed by atoms with Gasteiger partial charge in [-0.05, 0) is 95.0 Å². The van der Waals surface area contributed by atoms with Gasteiger partial charge in [0, 0.05) is 50.9 Å². The van der Waals surface area contributed by atoms with E-state index >= 15 is 4.39 Å². The van der Waals surface area contributed by atoms with Crippen molar-refractivity contribution in [2.45, 2.75) is 90.0 Å². The van der Waals surface area contributed by atoms with Crippen LogP contribution < -0.4 is 16.0 Å². The van der Waals surface area contributed by atoms with Gasteiger partial charge in [0.15, 0.2) is 0 Å². The summed E-state index contributed by atoms with van der Waals surface area (Å²) in [6, 6.07) is 4.33. The molecule has 2 heterocycles. The summed E-state index contributed by atoms with van der Waals surface area (Å²) in [5.41, 5.74) is 0.835. The number of nitrogens with one attached hydrogen (secondary N) is 3. The van der Waals surface area contributed by atoms with Crippen molar-refractivity contribution in [1.82, 2.24) is 30.2 Å². The summed E-state index contributed by atoms with van der Waals surface area (Å²) >= 11 is 0. The smallest absolute Gasteiger partial charge is 0.270 e. The number of halogens is 1. The van der Waals surface area contributed by atoms with Crippen LogP contribution in [0, 0.1) is 23.6 Å². The van der Waals surface area contributed by atoms with E-state index in [4.69, 9.17) is 4.74 Å². The van der Waals surface area contributed by atoms with E-state index in [1.54, 1.807) is 34.8 Å². The van der Waals surface area contributed by atoms with Crippen LogP contribution in [0.4, 0.5) is 10.1 Å². The number of aromatic nitrogens is 2. The number of methoxy groups -OCH3 is 1. The zero-order valence-corrected chi connectivity index (χ0v) is 28.9. The minimum absolute atomic E-state index is 0.0213. The van der Waals surface area contributed by atoms with Crippen LogP contribution >= 0.6 is 0 Å². The molecule has 3 aliphatic rings. The number of hydrogen-bond donors (Lipinski definition) is 3. The molecule has 2 saturated carbocycles. The van der Waals surface area contributed by atoms with Crippen LogP contribution in [0.3, 0.4) is 0 Å². The van der Waals surface area contributed by atoms with Crippen LogP contribution in [0.5, 0.6) is 0 Å². The number of amides is 4. The maximum absolute atomic E-state index is 15.8. The molecule has 4 amide bonds. The summed E-state index contributed by atoms with van der Waals surface area (Å²) in [7, 11) is 3.42. The van der Waals surface area contributed by atoms with Crippen molar-refractivity contribution in [3.63, 3.8) is 0 Å². The van der Waals surface area contributed by atoms with Gasteiger partial charge in [-0.2, -0.15) is 5.10 Å². The standard InChI is InChI=1S/C35H50FN7O5/c1-7-43-28(14-15-37-43)33(45)40-32(30(23-8-9-23)24-10-11-24)34(46)38-27-13-12-25(16-26(27)36)22(4)31(39-29(44)19-48-6)35(47)42-18-20(2)41(5)17-21(42)3/h12-16,20-24,30-32H,7-11,17-19H2,1-6H3,(H,38,46)(H,39,44)(H,40,45)/t20-,21-,22+,31-,32+/m1/s1. The van der Waals surface area contributed by atoms with E-state index in [9.17, 15) is 19.2 Å². The van der Waals surface area contributed by atoms with Gasteiger partial charge in [0.2, 0.25) is 17.7 Å². The van der Waals surface area contributed by atoms with Gasteiger partial charge >= 0.3 is 0 Å². The number of piperazine rings is 1. The fraction of sp³-hybridized carbons (Fsp3) is 0.629. The van der Waals surface area contributed by atoms with Gasteiger partial charge in [0.05, 0.1) is 5.69 Å². The molecule has 12 nitrogen and oxygen atoms in total. The second-order valence-corrected chi connectivity index (χ2v) is 13.9. The highest BCUT2D eigenvalue weighted by Gasteiger charge is 2.48. The van der Waals surface area contributed by atoms with Gasteiger partial charge in [0.25, 0.3) is 5.91 Å². The quantitative estimate of drug-likeness (QED) is 0.282. The molecule has 13 heteroatoms. The lowest BCUT2D eigenvalue weighted by Gasteiger charge is -2.44. The Kier molecular flexibility index (Phi) is 11.2. The van der Waals surface area contributed by atoms with Gasteiger partial charge in [-0.25, -0.2) is 4.39 Å². The Morgan fingerprint density at radius 2 is 1.69 bits per heavy atom. The Morgan fingerprint density at radius 3 is 2.29 bits per heavy atom. The number of anilines is 1. The zero-order valence-electron chi connectivity index (χ0n) is 28.9. The maximum Gasteiger partial charge on any atom is 0.270 e. The number of benzene rings is 1. The highest BCUT2D eigenvalue weighted by Crippen LogP contribution is 2.51. The van der Waals surface area contributed by atoms with Gasteiger partial charge < -0.3 is 25.6 Å². The first-order chi connectivity index (χ1) is 22.9. The average molecular weight is 668 g/mol. The molecule has 0 unspecified atom stereocenters. The number of rotatable bonds is 14. The SMILES string of the molecule is CCn1nccc1C(=O)N[C@H](C(=O)Nc1ccc([C@H](C)[C@@H](NC(=O)COC)C(=O)N2C[C@@H](C)N(C)C[C@H]2C)cc1F)C(C1CC1)C1CC1. The largest absolute Gasteiger partial charge is 0.375 e. The summed E-state index contributed by atoms with van der Waals surface area (Å²) in [5, 5.41) is 12.7. The molecule has 1 aromatic carbocycles. The van der Waals surface area contributed by atoms with E-state index < -0.39 is 35.6 Å². The van der Waals surface area contributed by atoms with Crippen molar-refractivity contribution in [2.24, 2.45) is 17.8 Å². The Morgan fingerprint density at radius 1 is 1.00 bits per heavy atom. The number of hydrogen-bond acceptors (Lipinski definition) is 7. The Hall–Kier alpha value is -3.84. The molecule has 3 fully saturated rings. The van der Waals surface area contributed by atoms with Crippen LogP contribution in [0.15, 0.2) is 30.5 Å². The van der Waals surface area contributed by atoms with Crippen LogP contribution in [0.25, 0.3) is 0 Å². The van der Waals surface area contributed by atoms with Crippen molar-refractivity contribution in [1.29, 1.82) is 0 Å². The monoisotopic (exact) mass is 667 g/mol. The number of likely N-dealkylation sites (N-methyl/N-ethyl adjacent to an activating group) is 1. The number of nitrogens with zero attached hydrogens (tertiary/aromatic N) is 4. The van der Waals surface area contributed by atoms with Crippen molar-refractivity contribution < 1.29 is 28.3 Å². The molecule has 1 saturated heterocycles. The minimum Gasteiger partial charge on any atom is -0.375 e. The first-order valence-electron chi connectivity index (χ1n) is 17.1. The molecule has 262 valence electrons. The molecule has 0 spiro atoms. The third-order valence-electron chi connectivity index (χ3n) is 10.3. The molecule has 2 aromatic rings. The van der Waals surface area contributed by atoms with E-state index in [0.29, 0.717) is 42.7 Å². The first-order valence-corrected chi connectivity index (χ1v) is 17.1. The molecule has 2 aliphatic carbocycles. The van der Waals surface area contributed by atoms with Gasteiger partial charge in [-0.1, -0.05) is 13.0 Å². The lowest BCUT2D eigenvalue weighted by atomic mass is 9.88. The fourth-order valence-corrected chi connectivity index (χ4v) is 7.07. The number of carbonyl (C=O) groups excluding carboxylic acids is 4. The van der Waals surface area contributed by atoms with Crippen LogP contribution in [-0.2, 0) is 25.7 Å². The summed E-state index contributed by atoms with van der Waals surface area (Å²) in [6.45, 7) is 9.16. The van der Waals surface area contributed by atoms with Crippen LogP contribution in [0.2, 0.25) is 0 Å². The summed E-state index contributed by atoms with van der Waals surface area (Å²) in [6.07, 6.45) is 5.56. The van der Waals surface area contributed by atoms with Crippen molar-refractivity contribution in [3.8, 4) is 0 Å². The summed E-state index contributed by atoms with van der Waals surface area (Å²) in [5.74, 6) is -2.16. The maximum atomic E-state index is 15.8. The van der Waals surface area contributed by atoms with Gasteiger partial charge in [-0.3, -0.25) is 28.8 Å². The highest BCUT2D eigenvalue weighted by atomic mass is 19.1. The molecular formula is C35H50FN7O5. The van der Waals surface area contributed by atoms with Crippen molar-refractivity contribution in [2.75, 3.05) is 39.2 Å². The average Bonchev–Trinajstić information content (AvgIpc) is 4.00. The number of carbonyl (C=O) groups is 4. The molecular weight excluding hydrogens is 617 g/mol. The molecule has 3 N–H and O–H groups in total. The third-order valence-corrected chi connectivity index (χ3v) is 10.3. The number of aryl methyl sites for hydroxylation is 1. The van der Waals surface area contributed by atoms with Crippen molar-refractivity contribution >= 4 is 29.3 Å². The second-order valence-electron chi connectivity index (χ2n) is 13.9. The lowest BCUT2D eigenvalue weighted by molar-refractivity contribution is -0.142. The topological polar surface area (TPSA) is 138 Å². The van der Waals surface area contributed by atoms with Crippen LogP contribution in [0.1, 0.15) is 75.3 Å². The zero-order chi connectivity index (χ0) is 34.7. The molecule has 5 rings (SSSR count). The van der Waals surface area contributed by atoms with Gasteiger partial charge in [-0.15, -0.1) is 0 Å². The second kappa shape index (κ2) is 15.1. The predicted octanol–water partition coefficient (Wildman–Crippen LogP) is 3.00. The molecule has 5 atom stereocenters.